The maximum Gasteiger partial charge on any atom is 0.416 e. The molecule has 0 saturated carbocycles. The van der Waals surface area contributed by atoms with E-state index in [0.717, 1.165) is 30.0 Å². The van der Waals surface area contributed by atoms with E-state index in [1.165, 1.54) is 4.31 Å². The van der Waals surface area contributed by atoms with Crippen LogP contribution in [0.2, 0.25) is 0 Å². The zero-order valence-electron chi connectivity index (χ0n) is 11.3. The van der Waals surface area contributed by atoms with Crippen molar-refractivity contribution in [1.29, 1.82) is 0 Å². The van der Waals surface area contributed by atoms with E-state index in [1.54, 1.807) is 16.9 Å². The molecule has 0 spiro atoms. The number of fused-ring (bicyclic) bond motifs is 1. The first-order chi connectivity index (χ1) is 10.3. The zero-order valence-corrected chi connectivity index (χ0v) is 12.1. The van der Waals surface area contributed by atoms with Crippen LogP contribution in [0, 0.1) is 0 Å². The molecule has 9 heteroatoms. The largest absolute Gasteiger partial charge is 0.416 e. The van der Waals surface area contributed by atoms with Crippen LogP contribution in [0.25, 0.3) is 0 Å². The van der Waals surface area contributed by atoms with E-state index in [-0.39, 0.29) is 18.0 Å². The summed E-state index contributed by atoms with van der Waals surface area (Å²) in [6, 6.07) is 5.25. The predicted molar refractivity (Wildman–Crippen MR) is 71.3 cm³/mol. The first kappa shape index (κ1) is 15.0. The molecule has 3 rings (SSSR count). The Morgan fingerprint density at radius 3 is 2.36 bits per heavy atom. The fourth-order valence-electron chi connectivity index (χ4n) is 2.33. The monoisotopic (exact) mass is 331 g/mol. The molecule has 0 radical (unpaired) electrons. The van der Waals surface area contributed by atoms with E-state index < -0.39 is 21.8 Å². The highest BCUT2D eigenvalue weighted by Crippen LogP contribution is 2.30. The number of alkyl halides is 3. The number of aromatic nitrogens is 2. The summed E-state index contributed by atoms with van der Waals surface area (Å²) in [5.74, 6) is 0. The number of sulfonamides is 1. The second-order valence-electron chi connectivity index (χ2n) is 4.91. The number of hydrogen-bond acceptors (Lipinski definition) is 3. The summed E-state index contributed by atoms with van der Waals surface area (Å²) in [6.07, 6.45) is -2.90. The Balaban J connectivity index is 1.88. The summed E-state index contributed by atoms with van der Waals surface area (Å²) in [4.78, 5) is -0.145. The van der Waals surface area contributed by atoms with Crippen LogP contribution in [0.15, 0.2) is 41.4 Å². The minimum Gasteiger partial charge on any atom is -0.267 e. The fourth-order valence-corrected chi connectivity index (χ4v) is 3.73. The average Bonchev–Trinajstić information content (AvgIpc) is 2.94. The van der Waals surface area contributed by atoms with Gasteiger partial charge in [-0.3, -0.25) is 4.68 Å². The average molecular weight is 331 g/mol. The van der Waals surface area contributed by atoms with Crippen molar-refractivity contribution in [2.75, 3.05) is 6.54 Å². The summed E-state index contributed by atoms with van der Waals surface area (Å²) >= 11 is 0. The van der Waals surface area contributed by atoms with Crippen LogP contribution in [-0.4, -0.2) is 29.0 Å². The van der Waals surface area contributed by atoms with E-state index >= 15 is 0 Å². The van der Waals surface area contributed by atoms with Crippen LogP contribution in [0.4, 0.5) is 13.2 Å². The van der Waals surface area contributed by atoms with E-state index in [9.17, 15) is 21.6 Å². The molecule has 1 aromatic carbocycles. The zero-order chi connectivity index (χ0) is 16.0. The van der Waals surface area contributed by atoms with Gasteiger partial charge >= 0.3 is 6.18 Å². The molecule has 0 amide bonds. The smallest absolute Gasteiger partial charge is 0.267 e. The van der Waals surface area contributed by atoms with Crippen molar-refractivity contribution in [1.82, 2.24) is 14.1 Å². The van der Waals surface area contributed by atoms with Crippen LogP contribution in [-0.2, 0) is 29.3 Å². The maximum atomic E-state index is 12.5. The highest BCUT2D eigenvalue weighted by Gasteiger charge is 2.32. The minimum absolute atomic E-state index is 0.145. The first-order valence-electron chi connectivity index (χ1n) is 6.46. The van der Waals surface area contributed by atoms with Gasteiger partial charge in [0.15, 0.2) is 0 Å². The topological polar surface area (TPSA) is 55.2 Å². The molecule has 0 unspecified atom stereocenters. The van der Waals surface area contributed by atoms with Gasteiger partial charge in [-0.25, -0.2) is 8.42 Å². The van der Waals surface area contributed by atoms with Crippen molar-refractivity contribution < 1.29 is 21.6 Å². The van der Waals surface area contributed by atoms with Gasteiger partial charge < -0.3 is 0 Å². The van der Waals surface area contributed by atoms with Gasteiger partial charge in [0, 0.05) is 12.7 Å². The molecular weight excluding hydrogens is 319 g/mol. The van der Waals surface area contributed by atoms with Gasteiger partial charge in [-0.05, 0) is 30.3 Å². The molecule has 2 heterocycles. The van der Waals surface area contributed by atoms with Crippen LogP contribution < -0.4 is 0 Å². The Bertz CT molecular complexity index is 782. The quantitative estimate of drug-likeness (QED) is 0.847. The Morgan fingerprint density at radius 2 is 1.73 bits per heavy atom. The Morgan fingerprint density at radius 1 is 1.05 bits per heavy atom. The van der Waals surface area contributed by atoms with E-state index in [1.807, 2.05) is 0 Å². The number of nitrogens with zero attached hydrogens (tertiary/aromatic N) is 3. The van der Waals surface area contributed by atoms with Crippen LogP contribution in [0.3, 0.4) is 0 Å². The van der Waals surface area contributed by atoms with Crippen LogP contribution >= 0.6 is 0 Å². The molecule has 1 aliphatic heterocycles. The van der Waals surface area contributed by atoms with E-state index in [4.69, 9.17) is 0 Å². The predicted octanol–water partition coefficient (Wildman–Crippen LogP) is 2.11. The molecule has 0 fully saturated rings. The van der Waals surface area contributed by atoms with Crippen molar-refractivity contribution in [3.63, 3.8) is 0 Å². The van der Waals surface area contributed by atoms with Gasteiger partial charge in [0.05, 0.1) is 29.2 Å². The van der Waals surface area contributed by atoms with Crippen molar-refractivity contribution in [2.24, 2.45) is 0 Å². The SMILES string of the molecule is O=S(=O)(c1ccc(C(F)(F)F)cc1)N1CCn2nccc2C1. The molecule has 22 heavy (non-hydrogen) atoms. The van der Waals surface area contributed by atoms with E-state index in [0.29, 0.717) is 6.54 Å². The molecular formula is C13H12F3N3O2S. The van der Waals surface area contributed by atoms with Crippen molar-refractivity contribution in [2.45, 2.75) is 24.2 Å². The van der Waals surface area contributed by atoms with E-state index in [2.05, 4.69) is 5.10 Å². The molecule has 1 aromatic heterocycles. The lowest BCUT2D eigenvalue weighted by atomic mass is 10.2. The summed E-state index contributed by atoms with van der Waals surface area (Å²) in [6.45, 7) is 0.809. The molecule has 5 nitrogen and oxygen atoms in total. The molecule has 0 N–H and O–H groups in total. The highest BCUT2D eigenvalue weighted by molar-refractivity contribution is 7.89. The molecule has 0 atom stereocenters. The lowest BCUT2D eigenvalue weighted by Gasteiger charge is -2.27. The normalized spacial score (nSPS) is 16.5. The third-order valence-corrected chi connectivity index (χ3v) is 5.38. The van der Waals surface area contributed by atoms with Gasteiger partial charge in [-0.1, -0.05) is 0 Å². The van der Waals surface area contributed by atoms with Gasteiger partial charge in [-0.2, -0.15) is 22.6 Å². The van der Waals surface area contributed by atoms with Crippen LogP contribution in [0.5, 0.6) is 0 Å². The third-order valence-electron chi connectivity index (χ3n) is 3.52. The van der Waals surface area contributed by atoms with Gasteiger partial charge in [-0.15, -0.1) is 0 Å². The lowest BCUT2D eigenvalue weighted by Crippen LogP contribution is -2.38. The summed E-state index contributed by atoms with van der Waals surface area (Å²) in [5, 5.41) is 4.05. The number of halogens is 3. The summed E-state index contributed by atoms with van der Waals surface area (Å²) < 4.78 is 65.5. The summed E-state index contributed by atoms with van der Waals surface area (Å²) in [5.41, 5.74) is -0.120. The fraction of sp³-hybridized carbons (Fsp3) is 0.308. The second-order valence-corrected chi connectivity index (χ2v) is 6.84. The molecule has 2 aromatic rings. The van der Waals surface area contributed by atoms with Gasteiger partial charge in [0.2, 0.25) is 10.0 Å². The van der Waals surface area contributed by atoms with Crippen molar-refractivity contribution >= 4 is 10.0 Å². The van der Waals surface area contributed by atoms with Gasteiger partial charge in [0.1, 0.15) is 0 Å². The minimum atomic E-state index is -4.49. The molecule has 118 valence electrons. The number of benzene rings is 1. The maximum absolute atomic E-state index is 12.5. The lowest BCUT2D eigenvalue weighted by molar-refractivity contribution is -0.137. The van der Waals surface area contributed by atoms with Gasteiger partial charge in [0.25, 0.3) is 0 Å². The highest BCUT2D eigenvalue weighted by atomic mass is 32.2. The third kappa shape index (κ3) is 2.61. The Hall–Kier alpha value is -1.87. The number of rotatable bonds is 2. The van der Waals surface area contributed by atoms with Crippen LogP contribution in [0.1, 0.15) is 11.3 Å². The number of hydrogen-bond donors (Lipinski definition) is 0. The molecule has 0 saturated heterocycles. The van der Waals surface area contributed by atoms with Crippen molar-refractivity contribution in [3.8, 4) is 0 Å². The first-order valence-corrected chi connectivity index (χ1v) is 7.90. The standard InChI is InChI=1S/C13H12F3N3O2S/c14-13(15,16)10-1-3-12(4-2-10)22(20,21)18-7-8-19-11(9-18)5-6-17-19/h1-6H,7-9H2. The Kier molecular flexibility index (Phi) is 3.48. The molecule has 0 aliphatic carbocycles. The molecule has 1 aliphatic rings. The summed E-state index contributed by atoms with van der Waals surface area (Å²) in [7, 11) is -3.82. The molecule has 0 bridgehead atoms. The van der Waals surface area contributed by atoms with Crippen molar-refractivity contribution in [3.05, 3.63) is 47.8 Å². The second kappa shape index (κ2) is 5.10. The Labute approximate surface area is 125 Å².